The molecule has 2 N–H and O–H groups in total. The predicted octanol–water partition coefficient (Wildman–Crippen LogP) is 2.07. The van der Waals surface area contributed by atoms with Crippen LogP contribution in [0, 0.1) is 5.92 Å². The van der Waals surface area contributed by atoms with Crippen LogP contribution in [0.1, 0.15) is 52.4 Å². The summed E-state index contributed by atoms with van der Waals surface area (Å²) in [4.78, 5) is 11.5. The predicted molar refractivity (Wildman–Crippen MR) is 67.3 cm³/mol. The Balaban J connectivity index is 2.34. The minimum atomic E-state index is -0.0596. The van der Waals surface area contributed by atoms with Gasteiger partial charge in [-0.05, 0) is 33.2 Å². The van der Waals surface area contributed by atoms with Crippen LogP contribution in [0.15, 0.2) is 0 Å². The van der Waals surface area contributed by atoms with Crippen molar-refractivity contribution < 1.29 is 4.79 Å². The molecule has 0 unspecified atom stereocenters. The lowest BCUT2D eigenvalue weighted by atomic mass is 9.81. The van der Waals surface area contributed by atoms with E-state index in [-0.39, 0.29) is 11.4 Å². The van der Waals surface area contributed by atoms with Gasteiger partial charge in [0.15, 0.2) is 0 Å². The summed E-state index contributed by atoms with van der Waals surface area (Å²) in [6, 6.07) is 0. The molecule has 3 heteroatoms. The number of hydrogen-bond donors (Lipinski definition) is 2. The lowest BCUT2D eigenvalue weighted by molar-refractivity contribution is -0.121. The van der Waals surface area contributed by atoms with Gasteiger partial charge < -0.3 is 10.6 Å². The fourth-order valence-corrected chi connectivity index (χ4v) is 2.75. The molecule has 1 aliphatic carbocycles. The second-order valence-electron chi connectivity index (χ2n) is 5.67. The van der Waals surface area contributed by atoms with E-state index in [0.717, 1.165) is 12.3 Å². The summed E-state index contributed by atoms with van der Waals surface area (Å²) in [5, 5.41) is 5.98. The highest BCUT2D eigenvalue weighted by molar-refractivity contribution is 5.78. The van der Waals surface area contributed by atoms with Gasteiger partial charge in [0, 0.05) is 5.54 Å². The van der Waals surface area contributed by atoms with Crippen molar-refractivity contribution in [2.75, 3.05) is 13.6 Å². The second kappa shape index (κ2) is 6.24. The molecule has 0 aromatic carbocycles. The molecule has 1 rings (SSSR count). The Hall–Kier alpha value is -0.570. The molecule has 1 aliphatic rings. The van der Waals surface area contributed by atoms with Gasteiger partial charge in [0.25, 0.3) is 0 Å². The van der Waals surface area contributed by atoms with Crippen LogP contribution >= 0.6 is 0 Å². The van der Waals surface area contributed by atoms with Gasteiger partial charge in [-0.2, -0.15) is 0 Å². The molecule has 1 saturated carbocycles. The van der Waals surface area contributed by atoms with Crippen LogP contribution in [0.25, 0.3) is 0 Å². The van der Waals surface area contributed by atoms with Crippen LogP contribution in [0.4, 0.5) is 0 Å². The van der Waals surface area contributed by atoms with Gasteiger partial charge >= 0.3 is 0 Å². The number of amides is 1. The first-order chi connectivity index (χ1) is 7.53. The zero-order valence-electron chi connectivity index (χ0n) is 10.9. The van der Waals surface area contributed by atoms with Crippen LogP contribution in [0.2, 0.25) is 0 Å². The molecule has 94 valence electrons. The van der Waals surface area contributed by atoms with Crippen molar-refractivity contribution in [2.24, 2.45) is 5.92 Å². The van der Waals surface area contributed by atoms with E-state index in [0.29, 0.717) is 6.54 Å². The summed E-state index contributed by atoms with van der Waals surface area (Å²) in [5.41, 5.74) is -0.0596. The van der Waals surface area contributed by atoms with Gasteiger partial charge in [-0.3, -0.25) is 4.79 Å². The standard InChI is InChI=1S/C13H26N2O/c1-13(2,15-12(16)10-14-3)9-11-7-5-4-6-8-11/h11,14H,4-10H2,1-3H3,(H,15,16). The normalized spacial score (nSPS) is 18.4. The summed E-state index contributed by atoms with van der Waals surface area (Å²) in [6.07, 6.45) is 7.92. The number of likely N-dealkylation sites (N-methyl/N-ethyl adjacent to an activating group) is 1. The molecule has 3 nitrogen and oxygen atoms in total. The van der Waals surface area contributed by atoms with Gasteiger partial charge in [-0.1, -0.05) is 32.1 Å². The van der Waals surface area contributed by atoms with Gasteiger partial charge in [0.1, 0.15) is 0 Å². The molecule has 0 spiro atoms. The molecule has 0 bridgehead atoms. The summed E-state index contributed by atoms with van der Waals surface area (Å²) in [6.45, 7) is 4.68. The van der Waals surface area contributed by atoms with E-state index in [9.17, 15) is 4.79 Å². The average molecular weight is 226 g/mol. The van der Waals surface area contributed by atoms with E-state index in [1.165, 1.54) is 32.1 Å². The van der Waals surface area contributed by atoms with Crippen molar-refractivity contribution in [1.82, 2.24) is 10.6 Å². The summed E-state index contributed by atoms with van der Waals surface area (Å²) < 4.78 is 0. The first kappa shape index (κ1) is 13.5. The maximum Gasteiger partial charge on any atom is 0.234 e. The Kier molecular flexibility index (Phi) is 5.26. The number of nitrogens with one attached hydrogen (secondary N) is 2. The van der Waals surface area contributed by atoms with E-state index in [2.05, 4.69) is 24.5 Å². The molecular formula is C13H26N2O. The maximum atomic E-state index is 11.5. The van der Waals surface area contributed by atoms with E-state index in [1.807, 2.05) is 0 Å². The third-order valence-corrected chi connectivity index (χ3v) is 3.34. The van der Waals surface area contributed by atoms with E-state index < -0.39 is 0 Å². The number of carbonyl (C=O) groups is 1. The van der Waals surface area contributed by atoms with Gasteiger partial charge in [-0.25, -0.2) is 0 Å². The van der Waals surface area contributed by atoms with Crippen molar-refractivity contribution >= 4 is 5.91 Å². The van der Waals surface area contributed by atoms with Crippen LogP contribution in [-0.4, -0.2) is 25.0 Å². The molecule has 0 atom stereocenters. The van der Waals surface area contributed by atoms with Crippen molar-refractivity contribution in [3.63, 3.8) is 0 Å². The third-order valence-electron chi connectivity index (χ3n) is 3.34. The molecule has 16 heavy (non-hydrogen) atoms. The van der Waals surface area contributed by atoms with Crippen LogP contribution in [0.5, 0.6) is 0 Å². The smallest absolute Gasteiger partial charge is 0.234 e. The average Bonchev–Trinajstić information content (AvgIpc) is 2.17. The fourth-order valence-electron chi connectivity index (χ4n) is 2.75. The molecule has 0 radical (unpaired) electrons. The Morgan fingerprint density at radius 2 is 1.88 bits per heavy atom. The minimum Gasteiger partial charge on any atom is -0.350 e. The molecule has 1 amide bonds. The Morgan fingerprint density at radius 1 is 1.25 bits per heavy atom. The van der Waals surface area contributed by atoms with Gasteiger partial charge in [-0.15, -0.1) is 0 Å². The van der Waals surface area contributed by atoms with E-state index in [4.69, 9.17) is 0 Å². The van der Waals surface area contributed by atoms with Crippen LogP contribution in [0.3, 0.4) is 0 Å². The summed E-state index contributed by atoms with van der Waals surface area (Å²) in [7, 11) is 1.80. The van der Waals surface area contributed by atoms with Crippen LogP contribution in [-0.2, 0) is 4.79 Å². The topological polar surface area (TPSA) is 41.1 Å². The Labute approximate surface area is 99.4 Å². The highest BCUT2D eigenvalue weighted by Crippen LogP contribution is 2.30. The number of carbonyl (C=O) groups excluding carboxylic acids is 1. The highest BCUT2D eigenvalue weighted by atomic mass is 16.2. The maximum absolute atomic E-state index is 11.5. The number of hydrogen-bond acceptors (Lipinski definition) is 2. The molecule has 0 heterocycles. The lowest BCUT2D eigenvalue weighted by Gasteiger charge is -2.32. The highest BCUT2D eigenvalue weighted by Gasteiger charge is 2.25. The zero-order chi connectivity index (χ0) is 12.0. The zero-order valence-corrected chi connectivity index (χ0v) is 10.9. The van der Waals surface area contributed by atoms with E-state index in [1.54, 1.807) is 7.05 Å². The van der Waals surface area contributed by atoms with Gasteiger partial charge in [0.05, 0.1) is 6.54 Å². The second-order valence-corrected chi connectivity index (χ2v) is 5.67. The van der Waals surface area contributed by atoms with Crippen molar-refractivity contribution in [2.45, 2.75) is 57.9 Å². The monoisotopic (exact) mass is 226 g/mol. The van der Waals surface area contributed by atoms with Crippen LogP contribution < -0.4 is 10.6 Å². The van der Waals surface area contributed by atoms with Gasteiger partial charge in [0.2, 0.25) is 5.91 Å². The molecule has 0 aromatic heterocycles. The van der Waals surface area contributed by atoms with Crippen molar-refractivity contribution in [3.8, 4) is 0 Å². The SMILES string of the molecule is CNCC(=O)NC(C)(C)CC1CCCCC1. The Bertz CT molecular complexity index is 220. The molecule has 0 saturated heterocycles. The summed E-state index contributed by atoms with van der Waals surface area (Å²) in [5.74, 6) is 0.905. The lowest BCUT2D eigenvalue weighted by Crippen LogP contribution is -2.47. The summed E-state index contributed by atoms with van der Waals surface area (Å²) >= 11 is 0. The first-order valence-corrected chi connectivity index (χ1v) is 6.49. The van der Waals surface area contributed by atoms with E-state index >= 15 is 0 Å². The fraction of sp³-hybridized carbons (Fsp3) is 0.923. The largest absolute Gasteiger partial charge is 0.350 e. The Morgan fingerprint density at radius 3 is 2.44 bits per heavy atom. The number of rotatable bonds is 5. The first-order valence-electron chi connectivity index (χ1n) is 6.49. The molecule has 0 aliphatic heterocycles. The minimum absolute atomic E-state index is 0.0596. The van der Waals surface area contributed by atoms with Crippen molar-refractivity contribution in [1.29, 1.82) is 0 Å². The third kappa shape index (κ3) is 4.97. The van der Waals surface area contributed by atoms with Crippen molar-refractivity contribution in [3.05, 3.63) is 0 Å². The molecule has 0 aromatic rings. The molecule has 1 fully saturated rings. The molecular weight excluding hydrogens is 200 g/mol. The quantitative estimate of drug-likeness (QED) is 0.753.